The summed E-state index contributed by atoms with van der Waals surface area (Å²) in [5.74, 6) is 0.997. The molecule has 0 amide bonds. The van der Waals surface area contributed by atoms with Crippen LogP contribution in [0.1, 0.15) is 33.6 Å². The zero-order chi connectivity index (χ0) is 14.3. The lowest BCUT2D eigenvalue weighted by atomic mass is 9.97. The van der Waals surface area contributed by atoms with Crippen LogP contribution in [0.5, 0.6) is 0 Å². The van der Waals surface area contributed by atoms with Crippen LogP contribution in [0.2, 0.25) is 5.02 Å². The van der Waals surface area contributed by atoms with E-state index in [4.69, 9.17) is 11.6 Å². The van der Waals surface area contributed by atoms with E-state index in [0.29, 0.717) is 6.04 Å². The molecule has 1 aromatic rings. The lowest BCUT2D eigenvalue weighted by Gasteiger charge is -2.25. The number of benzene rings is 1. The lowest BCUT2D eigenvalue weighted by Crippen LogP contribution is -2.44. The van der Waals surface area contributed by atoms with E-state index in [-0.39, 0.29) is 0 Å². The molecule has 0 aromatic heterocycles. The van der Waals surface area contributed by atoms with Gasteiger partial charge in [-0.1, -0.05) is 17.7 Å². The summed E-state index contributed by atoms with van der Waals surface area (Å²) in [6, 6.07) is 10.6. The van der Waals surface area contributed by atoms with E-state index in [0.717, 1.165) is 23.6 Å². The molecule has 0 saturated carbocycles. The lowest BCUT2D eigenvalue weighted by molar-refractivity contribution is 0.380. The highest BCUT2D eigenvalue weighted by atomic mass is 35.5. The number of rotatable bonds is 7. The fraction of sp³-hybridized carbons (Fsp3) is 0.533. The molecule has 1 N–H and O–H groups in total. The second-order valence-electron chi connectivity index (χ2n) is 5.15. The summed E-state index contributed by atoms with van der Waals surface area (Å²) >= 11 is 7.73. The number of nitriles is 1. The molecule has 0 fully saturated rings. The number of hydrogen-bond acceptors (Lipinski definition) is 3. The Kier molecular flexibility index (Phi) is 6.71. The standard InChI is InChI=1S/C15H21ClN2S/c1-12(2)18-15(3,11-17)8-5-9-19-14-7-4-6-13(16)10-14/h4,6-7,10,12,18H,5,8-9H2,1-3H3. The Labute approximate surface area is 125 Å². The maximum atomic E-state index is 9.25. The Morgan fingerprint density at radius 3 is 2.79 bits per heavy atom. The first-order chi connectivity index (χ1) is 8.95. The van der Waals surface area contributed by atoms with Gasteiger partial charge in [-0.3, -0.25) is 5.32 Å². The molecule has 19 heavy (non-hydrogen) atoms. The van der Waals surface area contributed by atoms with Crippen molar-refractivity contribution in [2.75, 3.05) is 5.75 Å². The summed E-state index contributed by atoms with van der Waals surface area (Å²) in [7, 11) is 0. The largest absolute Gasteiger partial charge is 0.297 e. The summed E-state index contributed by atoms with van der Waals surface area (Å²) in [5, 5.41) is 13.3. The molecule has 1 aromatic carbocycles. The minimum atomic E-state index is -0.428. The van der Waals surface area contributed by atoms with Crippen molar-refractivity contribution in [1.82, 2.24) is 5.32 Å². The van der Waals surface area contributed by atoms with Crippen molar-refractivity contribution < 1.29 is 0 Å². The van der Waals surface area contributed by atoms with Crippen LogP contribution < -0.4 is 5.32 Å². The molecule has 0 aliphatic rings. The van der Waals surface area contributed by atoms with Crippen LogP contribution in [0.15, 0.2) is 29.2 Å². The highest BCUT2D eigenvalue weighted by Gasteiger charge is 2.23. The van der Waals surface area contributed by atoms with Crippen LogP contribution in [0, 0.1) is 11.3 Å². The third kappa shape index (κ3) is 6.33. The molecule has 4 heteroatoms. The van der Waals surface area contributed by atoms with Crippen molar-refractivity contribution in [3.05, 3.63) is 29.3 Å². The van der Waals surface area contributed by atoms with Gasteiger partial charge in [-0.2, -0.15) is 5.26 Å². The third-order valence-electron chi connectivity index (χ3n) is 2.74. The third-order valence-corrected chi connectivity index (χ3v) is 4.06. The molecule has 0 aliphatic heterocycles. The Bertz CT molecular complexity index is 442. The number of halogens is 1. The van der Waals surface area contributed by atoms with Gasteiger partial charge >= 0.3 is 0 Å². The van der Waals surface area contributed by atoms with Gasteiger partial charge in [0, 0.05) is 16.0 Å². The Balaban J connectivity index is 2.36. The molecule has 104 valence electrons. The average Bonchev–Trinajstić information content (AvgIpc) is 2.34. The fourth-order valence-corrected chi connectivity index (χ4v) is 3.13. The van der Waals surface area contributed by atoms with Crippen molar-refractivity contribution in [3.63, 3.8) is 0 Å². The monoisotopic (exact) mass is 296 g/mol. The van der Waals surface area contributed by atoms with E-state index >= 15 is 0 Å². The first kappa shape index (κ1) is 16.4. The van der Waals surface area contributed by atoms with Gasteiger partial charge in [0.2, 0.25) is 0 Å². The molecule has 0 bridgehead atoms. The predicted octanol–water partition coefficient (Wildman–Crippen LogP) is 4.49. The van der Waals surface area contributed by atoms with Crippen LogP contribution >= 0.6 is 23.4 Å². The Morgan fingerprint density at radius 2 is 2.21 bits per heavy atom. The normalized spacial score (nSPS) is 14.1. The zero-order valence-electron chi connectivity index (χ0n) is 11.7. The number of nitrogens with zero attached hydrogens (tertiary/aromatic N) is 1. The maximum Gasteiger partial charge on any atom is 0.104 e. The first-order valence-electron chi connectivity index (χ1n) is 6.52. The van der Waals surface area contributed by atoms with E-state index < -0.39 is 5.54 Å². The fourth-order valence-electron chi connectivity index (χ4n) is 1.97. The smallest absolute Gasteiger partial charge is 0.104 e. The highest BCUT2D eigenvalue weighted by molar-refractivity contribution is 7.99. The van der Waals surface area contributed by atoms with Crippen molar-refractivity contribution in [3.8, 4) is 6.07 Å². The molecule has 2 nitrogen and oxygen atoms in total. The molecule has 0 aliphatic carbocycles. The first-order valence-corrected chi connectivity index (χ1v) is 7.89. The highest BCUT2D eigenvalue weighted by Crippen LogP contribution is 2.24. The van der Waals surface area contributed by atoms with Crippen molar-refractivity contribution in [1.29, 1.82) is 5.26 Å². The van der Waals surface area contributed by atoms with Gasteiger partial charge in [-0.05, 0) is 57.6 Å². The Hall–Kier alpha value is -0.690. The average molecular weight is 297 g/mol. The quantitative estimate of drug-likeness (QED) is 0.595. The maximum absolute atomic E-state index is 9.25. The molecular formula is C15H21ClN2S. The van der Waals surface area contributed by atoms with Gasteiger partial charge in [0.25, 0.3) is 0 Å². The zero-order valence-corrected chi connectivity index (χ0v) is 13.3. The molecule has 1 unspecified atom stereocenters. The number of hydrogen-bond donors (Lipinski definition) is 1. The summed E-state index contributed by atoms with van der Waals surface area (Å²) in [6.45, 7) is 6.10. The van der Waals surface area contributed by atoms with Crippen LogP contribution in [-0.2, 0) is 0 Å². The number of nitrogens with one attached hydrogen (secondary N) is 1. The van der Waals surface area contributed by atoms with Gasteiger partial charge in [-0.15, -0.1) is 11.8 Å². The van der Waals surface area contributed by atoms with Crippen molar-refractivity contribution >= 4 is 23.4 Å². The summed E-state index contributed by atoms with van der Waals surface area (Å²) < 4.78 is 0. The molecule has 0 spiro atoms. The SMILES string of the molecule is CC(C)NC(C)(C#N)CCCSc1cccc(Cl)c1. The van der Waals surface area contributed by atoms with Crippen LogP contribution in [0.25, 0.3) is 0 Å². The summed E-state index contributed by atoms with van der Waals surface area (Å²) in [6.07, 6.45) is 1.86. The van der Waals surface area contributed by atoms with Gasteiger partial charge in [0.05, 0.1) is 6.07 Å². The van der Waals surface area contributed by atoms with Crippen LogP contribution in [0.3, 0.4) is 0 Å². The van der Waals surface area contributed by atoms with Gasteiger partial charge in [0.1, 0.15) is 5.54 Å². The van der Waals surface area contributed by atoms with Gasteiger partial charge < -0.3 is 0 Å². The molecule has 0 radical (unpaired) electrons. The van der Waals surface area contributed by atoms with Gasteiger partial charge in [0.15, 0.2) is 0 Å². The van der Waals surface area contributed by atoms with Gasteiger partial charge in [-0.25, -0.2) is 0 Å². The topological polar surface area (TPSA) is 35.8 Å². The van der Waals surface area contributed by atoms with E-state index in [1.165, 1.54) is 4.90 Å². The molecule has 0 saturated heterocycles. The van der Waals surface area contributed by atoms with E-state index in [9.17, 15) is 5.26 Å². The van der Waals surface area contributed by atoms with Crippen molar-refractivity contribution in [2.45, 2.75) is 50.1 Å². The minimum Gasteiger partial charge on any atom is -0.297 e. The second kappa shape index (κ2) is 7.79. The predicted molar refractivity (Wildman–Crippen MR) is 83.7 cm³/mol. The summed E-state index contributed by atoms with van der Waals surface area (Å²) in [4.78, 5) is 1.18. The van der Waals surface area contributed by atoms with Crippen molar-refractivity contribution in [2.24, 2.45) is 0 Å². The van der Waals surface area contributed by atoms with E-state index in [1.54, 1.807) is 11.8 Å². The summed E-state index contributed by atoms with van der Waals surface area (Å²) in [5.41, 5.74) is -0.428. The molecule has 1 rings (SSSR count). The van der Waals surface area contributed by atoms with E-state index in [2.05, 4.69) is 31.3 Å². The number of thioether (sulfide) groups is 1. The minimum absolute atomic E-state index is 0.324. The van der Waals surface area contributed by atoms with Crippen LogP contribution in [0.4, 0.5) is 0 Å². The van der Waals surface area contributed by atoms with Crippen LogP contribution in [-0.4, -0.2) is 17.3 Å². The molecule has 0 heterocycles. The molecular weight excluding hydrogens is 276 g/mol. The second-order valence-corrected chi connectivity index (χ2v) is 6.76. The van der Waals surface area contributed by atoms with E-state index in [1.807, 2.05) is 25.1 Å². The Morgan fingerprint density at radius 1 is 1.47 bits per heavy atom. The molecule has 1 atom stereocenters.